The van der Waals surface area contributed by atoms with E-state index in [-0.39, 0.29) is 12.8 Å². The van der Waals surface area contributed by atoms with Gasteiger partial charge in [-0.05, 0) is 103 Å². The zero-order valence-electron chi connectivity index (χ0n) is 39.5. The molecule has 1 amide bonds. The largest absolute Gasteiger partial charge is 0.480 e. The van der Waals surface area contributed by atoms with E-state index in [1.165, 1.54) is 51.4 Å². The van der Waals surface area contributed by atoms with Gasteiger partial charge in [-0.1, -0.05) is 162 Å². The molecule has 0 aromatic heterocycles. The Labute approximate surface area is 387 Å². The van der Waals surface area contributed by atoms with Gasteiger partial charge in [0, 0.05) is 12.8 Å². The number of carbonyl (C=O) groups is 3. The number of rotatable bonds is 44. The molecule has 0 aliphatic carbocycles. The van der Waals surface area contributed by atoms with E-state index in [0.717, 1.165) is 89.9 Å². The third kappa shape index (κ3) is 45.0. The molecular formula is C52H86NO10P. The molecule has 0 aliphatic rings. The third-order valence-electron chi connectivity index (χ3n) is 9.85. The molecule has 0 aromatic rings. The van der Waals surface area contributed by atoms with Gasteiger partial charge in [0.05, 0.1) is 13.2 Å². The fourth-order valence-corrected chi connectivity index (χ4v) is 6.82. The van der Waals surface area contributed by atoms with E-state index in [1.54, 1.807) is 0 Å². The number of esters is 1. The van der Waals surface area contributed by atoms with Gasteiger partial charge in [-0.25, -0.2) is 9.36 Å². The van der Waals surface area contributed by atoms with Crippen molar-refractivity contribution in [3.05, 3.63) is 97.2 Å². The van der Waals surface area contributed by atoms with E-state index in [2.05, 4.69) is 116 Å². The Kier molecular flexibility index (Phi) is 43.4. The summed E-state index contributed by atoms with van der Waals surface area (Å²) in [5.74, 6) is -2.44. The molecule has 64 heavy (non-hydrogen) atoms. The number of aliphatic carboxylic acids is 1. The molecule has 0 bridgehead atoms. The maximum atomic E-state index is 12.4. The van der Waals surface area contributed by atoms with Crippen molar-refractivity contribution in [3.63, 3.8) is 0 Å². The second-order valence-corrected chi connectivity index (χ2v) is 17.4. The van der Waals surface area contributed by atoms with E-state index in [0.29, 0.717) is 12.8 Å². The van der Waals surface area contributed by atoms with Crippen LogP contribution in [0.5, 0.6) is 0 Å². The Morgan fingerprint density at radius 2 is 0.859 bits per heavy atom. The summed E-state index contributed by atoms with van der Waals surface area (Å²) in [6.45, 7) is 2.49. The molecule has 0 heterocycles. The highest BCUT2D eigenvalue weighted by atomic mass is 31.2. The Balaban J connectivity index is 3.97. The number of phosphoric ester groups is 1. The molecule has 0 saturated carbocycles. The lowest BCUT2D eigenvalue weighted by atomic mass is 10.1. The molecule has 11 nitrogen and oxygen atoms in total. The van der Waals surface area contributed by atoms with Gasteiger partial charge in [0.1, 0.15) is 12.7 Å². The number of allylic oxidation sites excluding steroid dienone is 16. The van der Waals surface area contributed by atoms with Gasteiger partial charge >= 0.3 is 19.8 Å². The second-order valence-electron chi connectivity index (χ2n) is 15.9. The fraction of sp³-hybridized carbons (Fsp3) is 0.635. The number of hydrogen-bond donors (Lipinski definition) is 4. The first kappa shape index (κ1) is 60.4. The maximum Gasteiger partial charge on any atom is 0.472 e. The van der Waals surface area contributed by atoms with Crippen molar-refractivity contribution in [3.8, 4) is 0 Å². The summed E-state index contributed by atoms with van der Waals surface area (Å²) in [7, 11) is -4.78. The summed E-state index contributed by atoms with van der Waals surface area (Å²) in [5.41, 5.74) is 0. The highest BCUT2D eigenvalue weighted by Gasteiger charge is 2.28. The molecule has 0 rings (SSSR count). The first-order valence-corrected chi connectivity index (χ1v) is 25.8. The predicted molar refractivity (Wildman–Crippen MR) is 263 cm³/mol. The van der Waals surface area contributed by atoms with Gasteiger partial charge in [0.2, 0.25) is 5.91 Å². The Morgan fingerprint density at radius 3 is 1.30 bits per heavy atom. The van der Waals surface area contributed by atoms with E-state index in [9.17, 15) is 34.1 Å². The van der Waals surface area contributed by atoms with Gasteiger partial charge in [0.25, 0.3) is 0 Å². The predicted octanol–water partition coefficient (Wildman–Crippen LogP) is 13.2. The summed E-state index contributed by atoms with van der Waals surface area (Å²) in [6.07, 6.45) is 58.5. The Hall–Kier alpha value is -3.60. The van der Waals surface area contributed by atoms with Crippen LogP contribution in [0.1, 0.15) is 181 Å². The van der Waals surface area contributed by atoms with Crippen LogP contribution in [0.2, 0.25) is 0 Å². The number of nitrogens with one attached hydrogen (secondary N) is 1. The van der Waals surface area contributed by atoms with Crippen LogP contribution in [0.15, 0.2) is 97.2 Å². The summed E-state index contributed by atoms with van der Waals surface area (Å²) in [4.78, 5) is 46.1. The molecule has 0 aromatic carbocycles. The topological polar surface area (TPSA) is 169 Å². The standard InChI is InChI=1S/C52H86NO10P/c1-3-5-7-9-11-13-15-17-19-21-23-24-26-27-29-31-33-35-37-39-41-43-50(55)53-49(52(57)58)47-63-64(59,60)62-46-48(54)45-61-51(56)44-42-40-38-36-34-32-30-28-25-22-20-18-16-14-12-10-8-6-4-2/h11-14,17-20,23-25,27-29,32,34,48-49,54H,3-10,15-16,21-22,26,30-31,33,35-47H2,1-2H3,(H,53,55)(H,57,58)(H,59,60)/b13-11-,14-12-,19-17-,20-18-,24-23-,28-25-,29-27-,34-32-. The minimum atomic E-state index is -4.78. The maximum absolute atomic E-state index is 12.4. The molecule has 3 atom stereocenters. The number of carbonyl (C=O) groups excluding carboxylic acids is 2. The van der Waals surface area contributed by atoms with Crippen LogP contribution < -0.4 is 5.32 Å². The smallest absolute Gasteiger partial charge is 0.472 e. The average molecular weight is 916 g/mol. The number of hydrogen-bond acceptors (Lipinski definition) is 8. The molecule has 364 valence electrons. The van der Waals surface area contributed by atoms with Gasteiger partial charge in [-0.2, -0.15) is 0 Å². The number of ether oxygens (including phenoxy) is 1. The molecular weight excluding hydrogens is 830 g/mol. The third-order valence-corrected chi connectivity index (χ3v) is 10.8. The lowest BCUT2D eigenvalue weighted by molar-refractivity contribution is -0.147. The quantitative estimate of drug-likeness (QED) is 0.0200. The van der Waals surface area contributed by atoms with Crippen molar-refractivity contribution < 1.29 is 47.8 Å². The Bertz CT molecular complexity index is 1450. The van der Waals surface area contributed by atoms with Crippen LogP contribution >= 0.6 is 7.82 Å². The van der Waals surface area contributed by atoms with Crippen LogP contribution in [0.4, 0.5) is 0 Å². The van der Waals surface area contributed by atoms with Gasteiger partial charge < -0.3 is 25.2 Å². The lowest BCUT2D eigenvalue weighted by Crippen LogP contribution is -2.43. The first-order valence-electron chi connectivity index (χ1n) is 24.3. The summed E-state index contributed by atoms with van der Waals surface area (Å²) in [6, 6.07) is -1.57. The van der Waals surface area contributed by atoms with Crippen LogP contribution in [0.25, 0.3) is 0 Å². The minimum Gasteiger partial charge on any atom is -0.480 e. The van der Waals surface area contributed by atoms with Crippen molar-refractivity contribution >= 4 is 25.7 Å². The van der Waals surface area contributed by atoms with Crippen molar-refractivity contribution in [2.75, 3.05) is 19.8 Å². The van der Waals surface area contributed by atoms with Crippen molar-refractivity contribution in [1.82, 2.24) is 5.32 Å². The normalized spacial score (nSPS) is 14.4. The first-order chi connectivity index (χ1) is 31.1. The Morgan fingerprint density at radius 1 is 0.500 bits per heavy atom. The van der Waals surface area contributed by atoms with E-state index >= 15 is 0 Å². The monoisotopic (exact) mass is 916 g/mol. The van der Waals surface area contributed by atoms with Gasteiger partial charge in [-0.15, -0.1) is 0 Å². The van der Waals surface area contributed by atoms with Crippen molar-refractivity contribution in [2.24, 2.45) is 0 Å². The van der Waals surface area contributed by atoms with Gasteiger partial charge in [0.15, 0.2) is 6.04 Å². The van der Waals surface area contributed by atoms with Crippen molar-refractivity contribution in [1.29, 1.82) is 0 Å². The summed E-state index contributed by atoms with van der Waals surface area (Å²) < 4.78 is 26.9. The van der Waals surface area contributed by atoms with Crippen LogP contribution in [-0.4, -0.2) is 64.9 Å². The van der Waals surface area contributed by atoms with E-state index in [1.807, 2.05) is 0 Å². The number of phosphoric acid groups is 1. The second kappa shape index (κ2) is 45.9. The van der Waals surface area contributed by atoms with Crippen LogP contribution in [-0.2, 0) is 32.7 Å². The SMILES string of the molecule is CCCCC/C=C\C/C=C\C/C=C\C/C=C\CCCCCCCC(=O)NC(COP(=O)(O)OCC(O)COC(=O)CCCCC/C=C\C/C=C\C/C=C\C/C=C\CCCCC)C(=O)O. The number of unbranched alkanes of at least 4 members (excludes halogenated alkanes) is 14. The van der Waals surface area contributed by atoms with Crippen LogP contribution in [0, 0.1) is 0 Å². The lowest BCUT2D eigenvalue weighted by Gasteiger charge is -2.18. The van der Waals surface area contributed by atoms with Crippen molar-refractivity contribution in [2.45, 2.75) is 193 Å². The number of amides is 1. The molecule has 3 unspecified atom stereocenters. The number of aliphatic hydroxyl groups excluding tert-OH is 1. The molecule has 12 heteroatoms. The molecule has 0 saturated heterocycles. The zero-order chi connectivity index (χ0) is 47.0. The molecule has 0 spiro atoms. The molecule has 0 fully saturated rings. The summed E-state index contributed by atoms with van der Waals surface area (Å²) >= 11 is 0. The molecule has 4 N–H and O–H groups in total. The van der Waals surface area contributed by atoms with Crippen LogP contribution in [0.3, 0.4) is 0 Å². The van der Waals surface area contributed by atoms with E-state index < -0.39 is 57.6 Å². The highest BCUT2D eigenvalue weighted by Crippen LogP contribution is 2.43. The molecule has 0 aliphatic heterocycles. The number of aliphatic hydroxyl groups is 1. The average Bonchev–Trinajstić information content (AvgIpc) is 3.27. The van der Waals surface area contributed by atoms with Gasteiger partial charge in [-0.3, -0.25) is 18.6 Å². The van der Waals surface area contributed by atoms with E-state index in [4.69, 9.17) is 13.8 Å². The fourth-order valence-electron chi connectivity index (χ4n) is 6.05. The highest BCUT2D eigenvalue weighted by molar-refractivity contribution is 7.47. The number of carboxylic acids is 1. The molecule has 0 radical (unpaired) electrons. The number of carboxylic acid groups (broad SMARTS) is 1. The minimum absolute atomic E-state index is 0.116. The summed E-state index contributed by atoms with van der Waals surface area (Å²) in [5, 5.41) is 21.9. The zero-order valence-corrected chi connectivity index (χ0v) is 40.4.